The summed E-state index contributed by atoms with van der Waals surface area (Å²) in [4.78, 5) is 2.93. The van der Waals surface area contributed by atoms with Crippen molar-refractivity contribution in [2.45, 2.75) is 19.4 Å². The number of rotatable bonds is 2. The Labute approximate surface area is 82.9 Å². The van der Waals surface area contributed by atoms with Crippen molar-refractivity contribution >= 4 is 11.4 Å². The normalized spacial score (nSPS) is 15.6. The molecule has 1 aliphatic carbocycles. The third-order valence-corrected chi connectivity index (χ3v) is 2.49. The van der Waals surface area contributed by atoms with Gasteiger partial charge in [0.15, 0.2) is 0 Å². The summed E-state index contributed by atoms with van der Waals surface area (Å²) < 4.78 is 0. The van der Waals surface area contributed by atoms with E-state index >= 15 is 0 Å². The molecule has 3 nitrogen and oxygen atoms in total. The Hall–Kier alpha value is -1.48. The maximum Gasteiger partial charge on any atom is 0.106 e. The number of anilines is 1. The van der Waals surface area contributed by atoms with Crippen molar-refractivity contribution in [2.75, 3.05) is 5.73 Å². The number of nitrogens with two attached hydrogens (primary N) is 1. The zero-order chi connectivity index (χ0) is 9.97. The fourth-order valence-corrected chi connectivity index (χ4v) is 1.71. The van der Waals surface area contributed by atoms with Gasteiger partial charge >= 0.3 is 0 Å². The highest BCUT2D eigenvalue weighted by atomic mass is 16.3. The largest absolute Gasteiger partial charge is 0.392 e. The molecule has 0 amide bonds. The first kappa shape index (κ1) is 9.09. The quantitative estimate of drug-likeness (QED) is 0.666. The molecule has 0 radical (unpaired) electrons. The number of nitrogens with one attached hydrogen (secondary N) is 1. The lowest BCUT2D eigenvalue weighted by atomic mass is 9.99. The maximum atomic E-state index is 9.17. The summed E-state index contributed by atoms with van der Waals surface area (Å²) in [5.41, 5.74) is 8.65. The highest BCUT2D eigenvalue weighted by Gasteiger charge is 2.11. The van der Waals surface area contributed by atoms with E-state index in [1.54, 1.807) is 0 Å². The van der Waals surface area contributed by atoms with E-state index in [0.717, 1.165) is 29.5 Å². The van der Waals surface area contributed by atoms with E-state index in [9.17, 15) is 0 Å². The van der Waals surface area contributed by atoms with Gasteiger partial charge in [0.1, 0.15) is 5.82 Å². The van der Waals surface area contributed by atoms with Crippen molar-refractivity contribution in [1.29, 1.82) is 0 Å². The van der Waals surface area contributed by atoms with Gasteiger partial charge in [0.05, 0.1) is 6.61 Å². The molecule has 1 heterocycles. The third-order valence-electron chi connectivity index (χ3n) is 2.49. The van der Waals surface area contributed by atoms with Crippen LogP contribution in [0.15, 0.2) is 24.4 Å². The molecule has 0 unspecified atom stereocenters. The van der Waals surface area contributed by atoms with Crippen LogP contribution < -0.4 is 5.73 Å². The predicted molar refractivity (Wildman–Crippen MR) is 57.5 cm³/mol. The predicted octanol–water partition coefficient (Wildman–Crippen LogP) is 1.82. The highest BCUT2D eigenvalue weighted by molar-refractivity contribution is 5.78. The summed E-state index contributed by atoms with van der Waals surface area (Å²) in [6, 6.07) is 0. The third kappa shape index (κ3) is 1.46. The molecule has 74 valence electrons. The van der Waals surface area contributed by atoms with Gasteiger partial charge in [-0.25, -0.2) is 0 Å². The first-order valence-corrected chi connectivity index (χ1v) is 4.76. The van der Waals surface area contributed by atoms with Gasteiger partial charge in [0.25, 0.3) is 0 Å². The molecule has 14 heavy (non-hydrogen) atoms. The number of aromatic nitrogens is 1. The van der Waals surface area contributed by atoms with Gasteiger partial charge in [-0.3, -0.25) is 0 Å². The number of hydrogen-bond acceptors (Lipinski definition) is 2. The second-order valence-corrected chi connectivity index (χ2v) is 3.39. The molecule has 2 rings (SSSR count). The lowest BCUT2D eigenvalue weighted by Gasteiger charge is -2.07. The topological polar surface area (TPSA) is 62.0 Å². The van der Waals surface area contributed by atoms with E-state index in [-0.39, 0.29) is 6.61 Å². The van der Waals surface area contributed by atoms with Gasteiger partial charge in [0, 0.05) is 17.3 Å². The number of aliphatic hydroxyl groups is 1. The van der Waals surface area contributed by atoms with Crippen molar-refractivity contribution in [3.8, 4) is 0 Å². The number of aromatic amines is 1. The van der Waals surface area contributed by atoms with Gasteiger partial charge in [-0.1, -0.05) is 18.2 Å². The molecule has 0 atom stereocenters. The Kier molecular flexibility index (Phi) is 2.41. The number of nitrogen functional groups attached to an aromatic ring is 1. The molecule has 4 N–H and O–H groups in total. The molecule has 3 heteroatoms. The van der Waals surface area contributed by atoms with Crippen molar-refractivity contribution < 1.29 is 5.11 Å². The highest BCUT2D eigenvalue weighted by Crippen LogP contribution is 2.27. The minimum atomic E-state index is -0.0180. The van der Waals surface area contributed by atoms with E-state index in [2.05, 4.69) is 23.2 Å². The maximum absolute atomic E-state index is 9.17. The summed E-state index contributed by atoms with van der Waals surface area (Å²) in [7, 11) is 0. The zero-order valence-corrected chi connectivity index (χ0v) is 7.96. The van der Waals surface area contributed by atoms with Crippen molar-refractivity contribution in [3.05, 3.63) is 35.6 Å². The van der Waals surface area contributed by atoms with Gasteiger partial charge in [-0.15, -0.1) is 0 Å². The van der Waals surface area contributed by atoms with Crippen LogP contribution in [0.4, 0.5) is 5.82 Å². The Morgan fingerprint density at radius 1 is 1.43 bits per heavy atom. The molecule has 0 bridgehead atoms. The zero-order valence-electron chi connectivity index (χ0n) is 7.96. The molecule has 1 aliphatic rings. The van der Waals surface area contributed by atoms with Crippen LogP contribution in [-0.4, -0.2) is 10.1 Å². The molecule has 0 spiro atoms. The van der Waals surface area contributed by atoms with Gasteiger partial charge in [0.2, 0.25) is 0 Å². The fraction of sp³-hybridized carbons (Fsp3) is 0.273. The number of aliphatic hydroxyl groups excluding tert-OH is 1. The lowest BCUT2D eigenvalue weighted by Crippen LogP contribution is -1.94. The van der Waals surface area contributed by atoms with E-state index in [4.69, 9.17) is 10.8 Å². The Bertz CT molecular complexity index is 388. The summed E-state index contributed by atoms with van der Waals surface area (Å²) in [5, 5.41) is 9.17. The molecule has 0 fully saturated rings. The van der Waals surface area contributed by atoms with E-state index in [1.807, 2.05) is 6.20 Å². The number of allylic oxidation sites excluding steroid dienone is 4. The van der Waals surface area contributed by atoms with Crippen LogP contribution in [0.25, 0.3) is 5.57 Å². The summed E-state index contributed by atoms with van der Waals surface area (Å²) >= 11 is 0. The second-order valence-electron chi connectivity index (χ2n) is 3.39. The van der Waals surface area contributed by atoms with Gasteiger partial charge in [-0.2, -0.15) is 0 Å². The van der Waals surface area contributed by atoms with Crippen molar-refractivity contribution in [1.82, 2.24) is 4.98 Å². The average Bonchev–Trinajstić information content (AvgIpc) is 2.61. The van der Waals surface area contributed by atoms with Gasteiger partial charge in [-0.05, 0) is 18.4 Å². The molecule has 0 saturated carbocycles. The molecule has 0 saturated heterocycles. The standard InChI is InChI=1S/C11H14N2O/c12-11-10(7-14)9(6-13-11)8-4-2-1-3-5-8/h2,4-6,13-14H,1,3,7,12H2. The Balaban J connectivity index is 2.40. The Morgan fingerprint density at radius 3 is 2.93 bits per heavy atom. The number of hydrogen-bond donors (Lipinski definition) is 3. The van der Waals surface area contributed by atoms with E-state index in [1.165, 1.54) is 0 Å². The molecule has 1 aromatic rings. The first-order valence-electron chi connectivity index (χ1n) is 4.76. The Morgan fingerprint density at radius 2 is 2.29 bits per heavy atom. The first-order chi connectivity index (χ1) is 6.83. The van der Waals surface area contributed by atoms with E-state index in [0.29, 0.717) is 5.82 Å². The van der Waals surface area contributed by atoms with Crippen LogP contribution in [0.5, 0.6) is 0 Å². The van der Waals surface area contributed by atoms with E-state index < -0.39 is 0 Å². The molecule has 0 aliphatic heterocycles. The minimum absolute atomic E-state index is 0.0180. The van der Waals surface area contributed by atoms with Crippen molar-refractivity contribution in [2.24, 2.45) is 0 Å². The molecule has 1 aromatic heterocycles. The van der Waals surface area contributed by atoms with Crippen LogP contribution in [0.3, 0.4) is 0 Å². The second kappa shape index (κ2) is 3.72. The molecular weight excluding hydrogens is 176 g/mol. The van der Waals surface area contributed by atoms with Crippen LogP contribution >= 0.6 is 0 Å². The smallest absolute Gasteiger partial charge is 0.106 e. The van der Waals surface area contributed by atoms with Crippen LogP contribution in [0.2, 0.25) is 0 Å². The van der Waals surface area contributed by atoms with Gasteiger partial charge < -0.3 is 15.8 Å². The minimum Gasteiger partial charge on any atom is -0.392 e. The average molecular weight is 190 g/mol. The SMILES string of the molecule is Nc1[nH]cc(C2=CCCC=C2)c1CO. The van der Waals surface area contributed by atoms with Crippen LogP contribution in [0.1, 0.15) is 24.0 Å². The van der Waals surface area contributed by atoms with Crippen LogP contribution in [-0.2, 0) is 6.61 Å². The molecule has 0 aromatic carbocycles. The molecular formula is C11H14N2O. The monoisotopic (exact) mass is 190 g/mol. The summed E-state index contributed by atoms with van der Waals surface area (Å²) in [5.74, 6) is 0.558. The summed E-state index contributed by atoms with van der Waals surface area (Å²) in [6.07, 6.45) is 10.4. The number of H-pyrrole nitrogens is 1. The summed E-state index contributed by atoms with van der Waals surface area (Å²) in [6.45, 7) is -0.0180. The van der Waals surface area contributed by atoms with Crippen molar-refractivity contribution in [3.63, 3.8) is 0 Å². The van der Waals surface area contributed by atoms with Crippen LogP contribution in [0, 0.1) is 0 Å². The lowest BCUT2D eigenvalue weighted by molar-refractivity contribution is 0.282. The fourth-order valence-electron chi connectivity index (χ4n) is 1.71.